The molecule has 1 unspecified atom stereocenters. The number of nitrogens with zero attached hydrogens (tertiary/aromatic N) is 3. The molecule has 38 heavy (non-hydrogen) atoms. The lowest BCUT2D eigenvalue weighted by atomic mass is 9.79. The minimum Gasteiger partial charge on any atom is -0.465 e. The molecule has 9 nitrogen and oxygen atoms in total. The fourth-order valence-corrected chi connectivity index (χ4v) is 5.23. The van der Waals surface area contributed by atoms with E-state index in [0.717, 1.165) is 29.5 Å². The number of sulfone groups is 1. The topological polar surface area (TPSA) is 140 Å². The third-order valence-corrected chi connectivity index (χ3v) is 7.01. The SMILES string of the molecule is CC(C)(C)C(C1=C(Nc2ccnc(C(F)(F)F)c2)CCC1=O)N(C(=O)O)c1ccc(C#N)cc1S(C)(=O)=O. The Morgan fingerprint density at radius 2 is 1.84 bits per heavy atom. The molecular weight excluding hydrogens is 525 g/mol. The van der Waals surface area contributed by atoms with Crippen LogP contribution in [0, 0.1) is 16.7 Å². The minimum absolute atomic E-state index is 0.000688. The molecule has 1 atom stereocenters. The van der Waals surface area contributed by atoms with Crippen molar-refractivity contribution in [1.29, 1.82) is 5.26 Å². The summed E-state index contributed by atoms with van der Waals surface area (Å²) in [4.78, 5) is 29.5. The molecule has 2 aromatic rings. The van der Waals surface area contributed by atoms with E-state index >= 15 is 0 Å². The van der Waals surface area contributed by atoms with E-state index in [1.54, 1.807) is 20.8 Å². The van der Waals surface area contributed by atoms with E-state index in [1.807, 2.05) is 6.07 Å². The molecule has 202 valence electrons. The number of anilines is 2. The number of halogens is 3. The van der Waals surface area contributed by atoms with Crippen LogP contribution in [0.1, 0.15) is 44.9 Å². The number of pyridine rings is 1. The average Bonchev–Trinajstić information content (AvgIpc) is 3.14. The Kier molecular flexibility index (Phi) is 7.61. The summed E-state index contributed by atoms with van der Waals surface area (Å²) in [6, 6.07) is 6.14. The maximum absolute atomic E-state index is 13.2. The van der Waals surface area contributed by atoms with Gasteiger partial charge in [0.25, 0.3) is 0 Å². The zero-order chi connectivity index (χ0) is 28.6. The van der Waals surface area contributed by atoms with Crippen molar-refractivity contribution in [3.63, 3.8) is 0 Å². The molecular formula is C25H25F3N4O5S. The molecule has 1 heterocycles. The van der Waals surface area contributed by atoms with Gasteiger partial charge in [-0.05, 0) is 42.2 Å². The molecule has 0 aliphatic heterocycles. The highest BCUT2D eigenvalue weighted by molar-refractivity contribution is 7.90. The highest BCUT2D eigenvalue weighted by Gasteiger charge is 2.44. The van der Waals surface area contributed by atoms with E-state index in [-0.39, 0.29) is 41.1 Å². The van der Waals surface area contributed by atoms with E-state index in [2.05, 4.69) is 10.3 Å². The molecule has 0 spiro atoms. The number of rotatable bonds is 6. The number of nitriles is 1. The Labute approximate surface area is 217 Å². The van der Waals surface area contributed by atoms with Crippen LogP contribution in [0.4, 0.5) is 29.3 Å². The van der Waals surface area contributed by atoms with E-state index in [9.17, 15) is 41.5 Å². The van der Waals surface area contributed by atoms with Crippen molar-refractivity contribution in [2.24, 2.45) is 5.41 Å². The summed E-state index contributed by atoms with van der Waals surface area (Å²) in [6.07, 6.45) is -4.36. The molecule has 0 radical (unpaired) electrons. The number of Topliss-reactive ketones (excluding diaryl/α,β-unsaturated/α-hetero) is 1. The van der Waals surface area contributed by atoms with Gasteiger partial charge in [-0.1, -0.05) is 20.8 Å². The Morgan fingerprint density at radius 1 is 1.18 bits per heavy atom. The van der Waals surface area contributed by atoms with Crippen molar-refractivity contribution in [1.82, 2.24) is 4.98 Å². The molecule has 3 rings (SSSR count). The van der Waals surface area contributed by atoms with Gasteiger partial charge >= 0.3 is 12.3 Å². The lowest BCUT2D eigenvalue weighted by Gasteiger charge is -2.40. The number of hydrogen-bond donors (Lipinski definition) is 2. The monoisotopic (exact) mass is 550 g/mol. The summed E-state index contributed by atoms with van der Waals surface area (Å²) in [5.74, 6) is -0.432. The van der Waals surface area contributed by atoms with Gasteiger partial charge in [-0.2, -0.15) is 18.4 Å². The predicted molar refractivity (Wildman–Crippen MR) is 132 cm³/mol. The highest BCUT2D eigenvalue weighted by atomic mass is 32.2. The van der Waals surface area contributed by atoms with Crippen LogP contribution in [0.2, 0.25) is 0 Å². The number of nitrogens with one attached hydrogen (secondary N) is 1. The van der Waals surface area contributed by atoms with Crippen LogP contribution in [0.15, 0.2) is 52.7 Å². The number of benzene rings is 1. The van der Waals surface area contributed by atoms with Crippen LogP contribution >= 0.6 is 0 Å². The maximum atomic E-state index is 13.2. The fraction of sp³-hybridized carbons (Fsp3) is 0.360. The summed E-state index contributed by atoms with van der Waals surface area (Å²) in [5, 5.41) is 22.4. The van der Waals surface area contributed by atoms with Crippen molar-refractivity contribution in [3.05, 3.63) is 59.1 Å². The van der Waals surface area contributed by atoms with Crippen LogP contribution in [0.3, 0.4) is 0 Å². The third kappa shape index (κ3) is 5.96. The van der Waals surface area contributed by atoms with Crippen LogP contribution in [-0.4, -0.2) is 42.7 Å². The largest absolute Gasteiger partial charge is 0.465 e. The lowest BCUT2D eigenvalue weighted by Crippen LogP contribution is -2.50. The van der Waals surface area contributed by atoms with Gasteiger partial charge in [0, 0.05) is 35.8 Å². The molecule has 1 aromatic heterocycles. The number of carbonyl (C=O) groups is 2. The molecule has 0 bridgehead atoms. The number of ketones is 1. The molecule has 13 heteroatoms. The van der Waals surface area contributed by atoms with E-state index in [4.69, 9.17) is 0 Å². The average molecular weight is 551 g/mol. The van der Waals surface area contributed by atoms with Crippen LogP contribution in [0.25, 0.3) is 0 Å². The van der Waals surface area contributed by atoms with Crippen LogP contribution in [-0.2, 0) is 20.8 Å². The van der Waals surface area contributed by atoms with Gasteiger partial charge in [0.15, 0.2) is 15.6 Å². The Balaban J connectivity index is 2.25. The standard InChI is InChI=1S/C25H25F3N4O5S/c1-24(2,3)22(32(23(34)35)17-7-5-14(13-29)11-19(17)38(4,36)37)21-16(6-8-18(21)33)31-15-9-10-30-20(12-15)25(26,27)28/h5,7,9-12,22H,6,8H2,1-4H3,(H,30,31)(H,34,35). The van der Waals surface area contributed by atoms with Gasteiger partial charge in [0.1, 0.15) is 5.69 Å². The number of allylic oxidation sites excluding steroid dienone is 1. The van der Waals surface area contributed by atoms with Crippen molar-refractivity contribution < 1.29 is 36.3 Å². The highest BCUT2D eigenvalue weighted by Crippen LogP contribution is 2.41. The number of hydrogen-bond acceptors (Lipinski definition) is 7. The molecule has 0 fully saturated rings. The molecule has 0 saturated carbocycles. The summed E-state index contributed by atoms with van der Waals surface area (Å²) in [7, 11) is -4.03. The quantitative estimate of drug-likeness (QED) is 0.512. The van der Waals surface area contributed by atoms with Gasteiger partial charge in [-0.25, -0.2) is 13.2 Å². The second kappa shape index (κ2) is 10.1. The van der Waals surface area contributed by atoms with Gasteiger partial charge < -0.3 is 10.4 Å². The summed E-state index contributed by atoms with van der Waals surface area (Å²) in [6.45, 7) is 4.96. The second-order valence-corrected chi connectivity index (χ2v) is 11.8. The van der Waals surface area contributed by atoms with Crippen LogP contribution < -0.4 is 10.2 Å². The van der Waals surface area contributed by atoms with Crippen molar-refractivity contribution in [3.8, 4) is 6.07 Å². The first-order valence-electron chi connectivity index (χ1n) is 11.3. The Hall–Kier alpha value is -3.92. The second-order valence-electron chi connectivity index (χ2n) is 9.86. The number of carboxylic acid groups (broad SMARTS) is 1. The van der Waals surface area contributed by atoms with Crippen molar-refractivity contribution in [2.45, 2.75) is 50.7 Å². The van der Waals surface area contributed by atoms with Gasteiger partial charge in [-0.15, -0.1) is 0 Å². The van der Waals surface area contributed by atoms with Gasteiger partial charge in [0.2, 0.25) is 0 Å². The number of carbonyl (C=O) groups excluding carboxylic acids is 1. The number of alkyl halides is 3. The predicted octanol–water partition coefficient (Wildman–Crippen LogP) is 5.00. The smallest absolute Gasteiger partial charge is 0.433 e. The minimum atomic E-state index is -4.70. The molecule has 2 N–H and O–H groups in total. The first-order chi connectivity index (χ1) is 17.4. The summed E-state index contributed by atoms with van der Waals surface area (Å²) >= 11 is 0. The van der Waals surface area contributed by atoms with E-state index in [1.165, 1.54) is 18.2 Å². The first-order valence-corrected chi connectivity index (χ1v) is 13.2. The van der Waals surface area contributed by atoms with Gasteiger partial charge in [0.05, 0.1) is 28.3 Å². The molecule has 1 amide bonds. The zero-order valence-electron chi connectivity index (χ0n) is 20.9. The van der Waals surface area contributed by atoms with Crippen molar-refractivity contribution >= 4 is 33.1 Å². The summed E-state index contributed by atoms with van der Waals surface area (Å²) < 4.78 is 64.7. The van der Waals surface area contributed by atoms with Gasteiger partial charge in [-0.3, -0.25) is 14.7 Å². The van der Waals surface area contributed by atoms with Crippen molar-refractivity contribution in [2.75, 3.05) is 16.5 Å². The van der Waals surface area contributed by atoms with E-state index in [0.29, 0.717) is 0 Å². The summed E-state index contributed by atoms with van der Waals surface area (Å²) in [5.41, 5.74) is -2.18. The normalized spacial score (nSPS) is 15.3. The Morgan fingerprint density at radius 3 is 2.37 bits per heavy atom. The first kappa shape index (κ1) is 28.6. The molecule has 0 saturated heterocycles. The Bertz CT molecular complexity index is 1470. The maximum Gasteiger partial charge on any atom is 0.433 e. The molecule has 1 aliphatic rings. The van der Waals surface area contributed by atoms with Crippen LogP contribution in [0.5, 0.6) is 0 Å². The number of amides is 1. The number of aromatic nitrogens is 1. The fourth-order valence-electron chi connectivity index (χ4n) is 4.34. The molecule has 1 aliphatic carbocycles. The third-order valence-electron chi connectivity index (χ3n) is 5.88. The molecule has 1 aromatic carbocycles. The lowest BCUT2D eigenvalue weighted by molar-refractivity contribution is -0.141. The van der Waals surface area contributed by atoms with E-state index < -0.39 is 49.9 Å². The zero-order valence-corrected chi connectivity index (χ0v) is 21.7.